The summed E-state index contributed by atoms with van der Waals surface area (Å²) in [6, 6.07) is -0.101. The number of morpholine rings is 1. The first-order valence-corrected chi connectivity index (χ1v) is 7.17. The molecule has 0 bridgehead atoms. The number of ether oxygens (including phenoxy) is 2. The Morgan fingerprint density at radius 1 is 1.50 bits per heavy atom. The maximum absolute atomic E-state index is 11.8. The molecule has 3 heterocycles. The van der Waals surface area contributed by atoms with Crippen LogP contribution in [0.2, 0.25) is 0 Å². The second kappa shape index (κ2) is 5.54. The van der Waals surface area contributed by atoms with E-state index < -0.39 is 0 Å². The Bertz CT molecular complexity index is 488. The van der Waals surface area contributed by atoms with Crippen LogP contribution in [0.4, 0.5) is 0 Å². The summed E-state index contributed by atoms with van der Waals surface area (Å²) in [6.45, 7) is 6.90. The molecule has 6 nitrogen and oxygen atoms in total. The van der Waals surface area contributed by atoms with E-state index in [2.05, 4.69) is 10.00 Å². The van der Waals surface area contributed by atoms with Gasteiger partial charge in [0, 0.05) is 25.7 Å². The van der Waals surface area contributed by atoms with Gasteiger partial charge in [0.15, 0.2) is 0 Å². The molecule has 0 saturated carbocycles. The zero-order chi connectivity index (χ0) is 14.1. The van der Waals surface area contributed by atoms with Crippen molar-refractivity contribution in [2.75, 3.05) is 19.7 Å². The number of carbonyl (C=O) groups is 1. The van der Waals surface area contributed by atoms with Crippen molar-refractivity contribution in [3.8, 4) is 0 Å². The number of carbonyl (C=O) groups excluding carboxylic acids is 1. The number of esters is 1. The molecule has 0 unspecified atom stereocenters. The summed E-state index contributed by atoms with van der Waals surface area (Å²) < 4.78 is 12.9. The molecule has 1 aromatic heterocycles. The van der Waals surface area contributed by atoms with Gasteiger partial charge in [-0.25, -0.2) is 0 Å². The van der Waals surface area contributed by atoms with Crippen LogP contribution < -0.4 is 0 Å². The fourth-order valence-electron chi connectivity index (χ4n) is 2.94. The van der Waals surface area contributed by atoms with Crippen LogP contribution in [0.3, 0.4) is 0 Å². The lowest BCUT2D eigenvalue weighted by Crippen LogP contribution is -2.50. The van der Waals surface area contributed by atoms with Gasteiger partial charge in [0.1, 0.15) is 12.1 Å². The van der Waals surface area contributed by atoms with E-state index in [-0.39, 0.29) is 24.2 Å². The SMILES string of the molecule is Cc1cnn(C[C@@H]2CN([C@@H]3C[C@H](C)OC3=O)CCO2)c1. The number of rotatable bonds is 3. The van der Waals surface area contributed by atoms with Crippen LogP contribution in [0.5, 0.6) is 0 Å². The van der Waals surface area contributed by atoms with Crippen molar-refractivity contribution in [1.29, 1.82) is 0 Å². The largest absolute Gasteiger partial charge is 0.461 e. The number of hydrogen-bond donors (Lipinski definition) is 0. The summed E-state index contributed by atoms with van der Waals surface area (Å²) in [7, 11) is 0. The maximum atomic E-state index is 11.8. The summed E-state index contributed by atoms with van der Waals surface area (Å²) in [5.41, 5.74) is 1.14. The van der Waals surface area contributed by atoms with Crippen LogP contribution in [0.1, 0.15) is 18.9 Å². The monoisotopic (exact) mass is 279 g/mol. The molecule has 0 aromatic carbocycles. The van der Waals surface area contributed by atoms with Crippen molar-refractivity contribution in [1.82, 2.24) is 14.7 Å². The Hall–Kier alpha value is -1.40. The highest BCUT2D eigenvalue weighted by Gasteiger charge is 2.38. The van der Waals surface area contributed by atoms with Crippen LogP contribution in [0.25, 0.3) is 0 Å². The molecular weight excluding hydrogens is 258 g/mol. The first-order chi connectivity index (χ1) is 9.61. The molecule has 20 heavy (non-hydrogen) atoms. The van der Waals surface area contributed by atoms with Crippen molar-refractivity contribution in [3.05, 3.63) is 18.0 Å². The van der Waals surface area contributed by atoms with Gasteiger partial charge < -0.3 is 9.47 Å². The lowest BCUT2D eigenvalue weighted by molar-refractivity contribution is -0.147. The van der Waals surface area contributed by atoms with Crippen molar-refractivity contribution in [2.45, 2.75) is 45.1 Å². The number of aryl methyl sites for hydroxylation is 1. The van der Waals surface area contributed by atoms with Gasteiger partial charge in [0.05, 0.1) is 25.5 Å². The lowest BCUT2D eigenvalue weighted by Gasteiger charge is -2.35. The molecule has 2 aliphatic heterocycles. The molecule has 0 amide bonds. The van der Waals surface area contributed by atoms with Crippen molar-refractivity contribution in [3.63, 3.8) is 0 Å². The van der Waals surface area contributed by atoms with E-state index in [1.54, 1.807) is 0 Å². The number of aromatic nitrogens is 2. The molecule has 6 heteroatoms. The van der Waals surface area contributed by atoms with E-state index in [0.29, 0.717) is 6.61 Å². The Kier molecular flexibility index (Phi) is 3.76. The van der Waals surface area contributed by atoms with E-state index >= 15 is 0 Å². The Morgan fingerprint density at radius 2 is 2.35 bits per heavy atom. The lowest BCUT2D eigenvalue weighted by atomic mass is 10.1. The van der Waals surface area contributed by atoms with Gasteiger partial charge in [-0.3, -0.25) is 14.4 Å². The second-order valence-corrected chi connectivity index (χ2v) is 5.73. The van der Waals surface area contributed by atoms with Crippen LogP contribution in [0.15, 0.2) is 12.4 Å². The predicted molar refractivity (Wildman–Crippen MR) is 72.2 cm³/mol. The fraction of sp³-hybridized carbons (Fsp3) is 0.714. The zero-order valence-corrected chi connectivity index (χ0v) is 12.0. The summed E-state index contributed by atoms with van der Waals surface area (Å²) in [5.74, 6) is -0.0897. The van der Waals surface area contributed by atoms with Crippen molar-refractivity contribution < 1.29 is 14.3 Å². The first-order valence-electron chi connectivity index (χ1n) is 7.17. The fourth-order valence-corrected chi connectivity index (χ4v) is 2.94. The van der Waals surface area contributed by atoms with E-state index in [1.807, 2.05) is 30.9 Å². The van der Waals surface area contributed by atoms with Crippen LogP contribution >= 0.6 is 0 Å². The van der Waals surface area contributed by atoms with Gasteiger partial charge in [0.25, 0.3) is 0 Å². The van der Waals surface area contributed by atoms with Crippen molar-refractivity contribution in [2.24, 2.45) is 0 Å². The third-order valence-electron chi connectivity index (χ3n) is 3.91. The van der Waals surface area contributed by atoms with Crippen molar-refractivity contribution >= 4 is 5.97 Å². The van der Waals surface area contributed by atoms with Gasteiger partial charge in [-0.2, -0.15) is 5.10 Å². The molecule has 0 N–H and O–H groups in total. The van der Waals surface area contributed by atoms with Gasteiger partial charge in [-0.15, -0.1) is 0 Å². The molecule has 0 aliphatic carbocycles. The summed E-state index contributed by atoms with van der Waals surface area (Å²) in [6.07, 6.45) is 4.74. The third-order valence-corrected chi connectivity index (χ3v) is 3.91. The van der Waals surface area contributed by atoms with Crippen LogP contribution in [-0.4, -0.2) is 58.6 Å². The quantitative estimate of drug-likeness (QED) is 0.758. The molecule has 3 rings (SSSR count). The molecule has 2 aliphatic rings. The number of nitrogens with zero attached hydrogens (tertiary/aromatic N) is 3. The minimum absolute atomic E-state index is 0.0301. The predicted octanol–water partition coefficient (Wildman–Crippen LogP) is 0.596. The Labute approximate surface area is 118 Å². The molecule has 0 spiro atoms. The normalized spacial score (nSPS) is 31.5. The minimum atomic E-state index is -0.101. The summed E-state index contributed by atoms with van der Waals surface area (Å²) in [5, 5.41) is 4.29. The molecule has 1 aromatic rings. The topological polar surface area (TPSA) is 56.6 Å². The summed E-state index contributed by atoms with van der Waals surface area (Å²) >= 11 is 0. The molecule has 2 saturated heterocycles. The molecule has 2 fully saturated rings. The molecule has 0 radical (unpaired) electrons. The van der Waals surface area contributed by atoms with Gasteiger partial charge in [-0.05, 0) is 19.4 Å². The Morgan fingerprint density at radius 3 is 3.00 bits per heavy atom. The molecule has 3 atom stereocenters. The highest BCUT2D eigenvalue weighted by molar-refractivity contribution is 5.78. The van der Waals surface area contributed by atoms with Gasteiger partial charge >= 0.3 is 5.97 Å². The van der Waals surface area contributed by atoms with Gasteiger partial charge in [0.2, 0.25) is 0 Å². The molecule has 110 valence electrons. The summed E-state index contributed by atoms with van der Waals surface area (Å²) in [4.78, 5) is 14.0. The average molecular weight is 279 g/mol. The van der Waals surface area contributed by atoms with Crippen LogP contribution in [-0.2, 0) is 20.8 Å². The highest BCUT2D eigenvalue weighted by atomic mass is 16.6. The van der Waals surface area contributed by atoms with E-state index in [9.17, 15) is 4.79 Å². The standard InChI is InChI=1S/C14H21N3O3/c1-10-6-15-17(7-10)9-12-8-16(3-4-19-12)13-5-11(2)20-14(13)18/h6-7,11-13H,3-5,8-9H2,1-2H3/t11-,12-,13+/m0/s1. The molecular formula is C14H21N3O3. The van der Waals surface area contributed by atoms with E-state index in [0.717, 1.165) is 31.6 Å². The van der Waals surface area contributed by atoms with E-state index in [4.69, 9.17) is 9.47 Å². The zero-order valence-electron chi connectivity index (χ0n) is 12.0. The second-order valence-electron chi connectivity index (χ2n) is 5.73. The maximum Gasteiger partial charge on any atom is 0.323 e. The minimum Gasteiger partial charge on any atom is -0.461 e. The smallest absolute Gasteiger partial charge is 0.323 e. The Balaban J connectivity index is 1.60. The third kappa shape index (κ3) is 2.86. The number of hydrogen-bond acceptors (Lipinski definition) is 5. The highest BCUT2D eigenvalue weighted by Crippen LogP contribution is 2.22. The number of cyclic esters (lactones) is 1. The van der Waals surface area contributed by atoms with Crippen LogP contribution in [0, 0.1) is 6.92 Å². The van der Waals surface area contributed by atoms with Gasteiger partial charge in [-0.1, -0.05) is 0 Å². The van der Waals surface area contributed by atoms with E-state index in [1.165, 1.54) is 0 Å². The first kappa shape index (κ1) is 13.6. The average Bonchev–Trinajstić information content (AvgIpc) is 2.96.